The van der Waals surface area contributed by atoms with Gasteiger partial charge in [0.2, 0.25) is 0 Å². The summed E-state index contributed by atoms with van der Waals surface area (Å²) in [5.74, 6) is 0.144. The molecule has 0 aliphatic carbocycles. The molecule has 0 amide bonds. The van der Waals surface area contributed by atoms with Crippen LogP contribution in [-0.2, 0) is 6.54 Å². The maximum atomic E-state index is 9.04. The lowest BCUT2D eigenvalue weighted by Crippen LogP contribution is -2.27. The van der Waals surface area contributed by atoms with Crippen molar-refractivity contribution in [2.45, 2.75) is 6.54 Å². The van der Waals surface area contributed by atoms with E-state index in [-0.39, 0.29) is 11.5 Å². The highest BCUT2D eigenvalue weighted by Gasteiger charge is 2.16. The Labute approximate surface area is 145 Å². The second kappa shape index (κ2) is 7.23. The van der Waals surface area contributed by atoms with Gasteiger partial charge in [-0.05, 0) is 30.3 Å². The minimum atomic E-state index is 0.144. The maximum absolute atomic E-state index is 9.04. The number of nitrogens with zero attached hydrogens (tertiary/aromatic N) is 3. The van der Waals surface area contributed by atoms with Crippen molar-refractivity contribution in [3.63, 3.8) is 0 Å². The summed E-state index contributed by atoms with van der Waals surface area (Å²) in [6.07, 6.45) is 5.24. The molecule has 0 spiro atoms. The number of hydrogen-bond acceptors (Lipinski definition) is 6. The number of amidine groups is 1. The van der Waals surface area contributed by atoms with Gasteiger partial charge >= 0.3 is 0 Å². The van der Waals surface area contributed by atoms with Crippen molar-refractivity contribution in [3.05, 3.63) is 83.3 Å². The zero-order valence-electron chi connectivity index (χ0n) is 13.4. The number of nitriles is 1. The molecule has 1 aliphatic rings. The van der Waals surface area contributed by atoms with Crippen molar-refractivity contribution < 1.29 is 0 Å². The van der Waals surface area contributed by atoms with Gasteiger partial charge in [0.15, 0.2) is 0 Å². The van der Waals surface area contributed by atoms with Gasteiger partial charge in [0.1, 0.15) is 11.5 Å². The van der Waals surface area contributed by atoms with E-state index in [1.807, 2.05) is 24.3 Å². The first-order chi connectivity index (χ1) is 12.2. The molecular formula is C19H16N6. The number of allylic oxidation sites excluding steroid dienone is 1. The van der Waals surface area contributed by atoms with E-state index in [1.54, 1.807) is 36.7 Å². The lowest BCUT2D eigenvalue weighted by molar-refractivity contribution is 0.834. The monoisotopic (exact) mass is 328 g/mol. The highest BCUT2D eigenvalue weighted by molar-refractivity contribution is 6.48. The average Bonchev–Trinajstić information content (AvgIpc) is 2.66. The van der Waals surface area contributed by atoms with Crippen molar-refractivity contribution in [1.29, 1.82) is 10.7 Å². The van der Waals surface area contributed by atoms with Gasteiger partial charge in [-0.25, -0.2) is 4.99 Å². The Kier molecular flexibility index (Phi) is 4.67. The zero-order valence-corrected chi connectivity index (χ0v) is 13.4. The van der Waals surface area contributed by atoms with Gasteiger partial charge in [0, 0.05) is 23.5 Å². The van der Waals surface area contributed by atoms with Crippen LogP contribution in [0.1, 0.15) is 16.8 Å². The van der Waals surface area contributed by atoms with E-state index < -0.39 is 0 Å². The number of nitrogens with one attached hydrogen (secondary N) is 2. The Balaban J connectivity index is 1.84. The molecule has 4 N–H and O–H groups in total. The normalized spacial score (nSPS) is 15.3. The molecule has 0 unspecified atom stereocenters. The molecule has 2 heterocycles. The van der Waals surface area contributed by atoms with Gasteiger partial charge in [0.05, 0.1) is 29.6 Å². The standard InChI is InChI=1S/C19H16N6/c20-10-13-4-3-5-14(8-13)17-9-15(18(21)19(22)25-17)11-23-12-16-6-1-2-7-24-16/h1-9,11,21,23H,12H2,(H2,22,25)/b15-11-,21-18?. The van der Waals surface area contributed by atoms with Gasteiger partial charge in [-0.1, -0.05) is 18.2 Å². The molecule has 2 aromatic rings. The lowest BCUT2D eigenvalue weighted by atomic mass is 10.0. The summed E-state index contributed by atoms with van der Waals surface area (Å²) in [6.45, 7) is 0.543. The molecule has 0 saturated heterocycles. The van der Waals surface area contributed by atoms with Crippen LogP contribution in [0, 0.1) is 16.7 Å². The quantitative estimate of drug-likeness (QED) is 0.800. The predicted molar refractivity (Wildman–Crippen MR) is 97.6 cm³/mol. The summed E-state index contributed by atoms with van der Waals surface area (Å²) in [5.41, 5.74) is 9.52. The van der Waals surface area contributed by atoms with Crippen molar-refractivity contribution in [3.8, 4) is 6.07 Å². The topological polar surface area (TPSA) is 111 Å². The fraction of sp³-hybridized carbons (Fsp3) is 0.0526. The Morgan fingerprint density at radius 1 is 1.24 bits per heavy atom. The number of benzene rings is 1. The second-order valence-corrected chi connectivity index (χ2v) is 5.40. The van der Waals surface area contributed by atoms with Crippen LogP contribution < -0.4 is 11.1 Å². The minimum Gasteiger partial charge on any atom is -0.385 e. The van der Waals surface area contributed by atoms with Crippen molar-refractivity contribution in [2.24, 2.45) is 10.7 Å². The number of aliphatic imine (C=N–C) groups is 1. The number of nitrogens with two attached hydrogens (primary N) is 1. The smallest absolute Gasteiger partial charge is 0.150 e. The molecule has 0 saturated carbocycles. The predicted octanol–water partition coefficient (Wildman–Crippen LogP) is 2.36. The summed E-state index contributed by atoms with van der Waals surface area (Å²) in [7, 11) is 0. The molecule has 1 aliphatic heterocycles. The fourth-order valence-corrected chi connectivity index (χ4v) is 2.36. The summed E-state index contributed by atoms with van der Waals surface area (Å²) in [6, 6.07) is 14.9. The number of hydrogen-bond donors (Lipinski definition) is 3. The molecule has 1 aromatic heterocycles. The third kappa shape index (κ3) is 3.79. The molecule has 25 heavy (non-hydrogen) atoms. The molecule has 1 aromatic carbocycles. The van der Waals surface area contributed by atoms with Gasteiger partial charge in [0.25, 0.3) is 0 Å². The van der Waals surface area contributed by atoms with E-state index in [2.05, 4.69) is 21.4 Å². The highest BCUT2D eigenvalue weighted by Crippen LogP contribution is 2.23. The summed E-state index contributed by atoms with van der Waals surface area (Å²) >= 11 is 0. The molecule has 6 nitrogen and oxygen atoms in total. The van der Waals surface area contributed by atoms with E-state index in [4.69, 9.17) is 16.4 Å². The van der Waals surface area contributed by atoms with E-state index in [0.29, 0.717) is 23.4 Å². The van der Waals surface area contributed by atoms with Gasteiger partial charge < -0.3 is 11.1 Å². The number of aromatic nitrogens is 1. The van der Waals surface area contributed by atoms with E-state index >= 15 is 0 Å². The summed E-state index contributed by atoms with van der Waals surface area (Å²) in [4.78, 5) is 8.50. The van der Waals surface area contributed by atoms with Crippen LogP contribution in [-0.4, -0.2) is 16.5 Å². The third-order valence-corrected chi connectivity index (χ3v) is 3.63. The number of pyridine rings is 1. The molecule has 0 fully saturated rings. The molecule has 3 rings (SSSR count). The molecule has 0 radical (unpaired) electrons. The molecule has 122 valence electrons. The van der Waals surface area contributed by atoms with Crippen molar-refractivity contribution >= 4 is 17.2 Å². The SMILES string of the molecule is N#Cc1cccc(C2=C/C(=C/NCc3ccccn3)C(=N)C(N)=N2)c1. The van der Waals surface area contributed by atoms with Gasteiger partial charge in [-0.3, -0.25) is 10.4 Å². The first kappa shape index (κ1) is 16.1. The molecule has 0 bridgehead atoms. The van der Waals surface area contributed by atoms with Crippen LogP contribution in [0.4, 0.5) is 0 Å². The van der Waals surface area contributed by atoms with Crippen LogP contribution >= 0.6 is 0 Å². The summed E-state index contributed by atoms with van der Waals surface area (Å²) < 4.78 is 0. The first-order valence-corrected chi connectivity index (χ1v) is 7.66. The van der Waals surface area contributed by atoms with Crippen molar-refractivity contribution in [1.82, 2.24) is 10.3 Å². The average molecular weight is 328 g/mol. The Morgan fingerprint density at radius 3 is 2.88 bits per heavy atom. The van der Waals surface area contributed by atoms with Crippen molar-refractivity contribution in [2.75, 3.05) is 0 Å². The van der Waals surface area contributed by atoms with E-state index in [9.17, 15) is 0 Å². The molecule has 6 heteroatoms. The van der Waals surface area contributed by atoms with Crippen LogP contribution in [0.3, 0.4) is 0 Å². The van der Waals surface area contributed by atoms with E-state index in [0.717, 1.165) is 11.3 Å². The Hall–Kier alpha value is -3.72. The van der Waals surface area contributed by atoms with Crippen LogP contribution in [0.5, 0.6) is 0 Å². The van der Waals surface area contributed by atoms with E-state index in [1.165, 1.54) is 0 Å². The highest BCUT2D eigenvalue weighted by atomic mass is 14.9. The van der Waals surface area contributed by atoms with Gasteiger partial charge in [-0.15, -0.1) is 0 Å². The van der Waals surface area contributed by atoms with Crippen LogP contribution in [0.15, 0.2) is 71.5 Å². The van der Waals surface area contributed by atoms with Gasteiger partial charge in [-0.2, -0.15) is 5.26 Å². The van der Waals surface area contributed by atoms with Crippen LogP contribution in [0.25, 0.3) is 5.70 Å². The van der Waals surface area contributed by atoms with Crippen LogP contribution in [0.2, 0.25) is 0 Å². The molecule has 0 atom stereocenters. The first-order valence-electron chi connectivity index (χ1n) is 7.66. The Morgan fingerprint density at radius 2 is 2.12 bits per heavy atom. The minimum absolute atomic E-state index is 0.144. The largest absolute Gasteiger partial charge is 0.385 e. The maximum Gasteiger partial charge on any atom is 0.150 e. The second-order valence-electron chi connectivity index (χ2n) is 5.40. The fourth-order valence-electron chi connectivity index (χ4n) is 2.36. The Bertz CT molecular complexity index is 932. The third-order valence-electron chi connectivity index (χ3n) is 3.63. The lowest BCUT2D eigenvalue weighted by Gasteiger charge is -2.14. The zero-order chi connectivity index (χ0) is 17.6. The summed E-state index contributed by atoms with van der Waals surface area (Å²) in [5, 5.41) is 20.3. The molecular weight excluding hydrogens is 312 g/mol. The number of rotatable bonds is 4.